The molecule has 0 bridgehead atoms. The van der Waals surface area contributed by atoms with Crippen LogP contribution < -0.4 is 5.01 Å². The van der Waals surface area contributed by atoms with Crippen LogP contribution in [0.4, 0.5) is 5.69 Å². The summed E-state index contributed by atoms with van der Waals surface area (Å²) in [6, 6.07) is 18.0. The molecule has 1 aliphatic rings. The van der Waals surface area contributed by atoms with Crippen molar-refractivity contribution in [2.75, 3.05) is 5.01 Å². The number of nitrogens with zero attached hydrogens (tertiary/aromatic N) is 2. The first-order valence-corrected chi connectivity index (χ1v) is 7.68. The molecule has 0 atom stereocenters. The van der Waals surface area contributed by atoms with Gasteiger partial charge in [-0.2, -0.15) is 5.10 Å². The monoisotopic (exact) mass is 292 g/mol. The molecule has 112 valence electrons. The molecule has 3 heteroatoms. The molecule has 0 spiro atoms. The third-order valence-corrected chi connectivity index (χ3v) is 3.71. The van der Waals surface area contributed by atoms with E-state index in [1.807, 2.05) is 30.3 Å². The summed E-state index contributed by atoms with van der Waals surface area (Å²) in [6.45, 7) is 4.43. The Bertz CT molecular complexity index is 687. The van der Waals surface area contributed by atoms with E-state index in [0.717, 1.165) is 23.4 Å². The lowest BCUT2D eigenvalue weighted by atomic mass is 10.00. The largest absolute Gasteiger partial charge is 0.272 e. The zero-order valence-corrected chi connectivity index (χ0v) is 13.0. The summed E-state index contributed by atoms with van der Waals surface area (Å²) < 4.78 is 0. The highest BCUT2D eigenvalue weighted by Crippen LogP contribution is 2.22. The lowest BCUT2D eigenvalue weighted by Gasteiger charge is -2.10. The number of benzene rings is 2. The first-order valence-electron chi connectivity index (χ1n) is 7.68. The van der Waals surface area contributed by atoms with Gasteiger partial charge in [-0.1, -0.05) is 56.3 Å². The minimum atomic E-state index is 0.0208. The predicted molar refractivity (Wildman–Crippen MR) is 90.1 cm³/mol. The second-order valence-electron chi connectivity index (χ2n) is 6.06. The van der Waals surface area contributed by atoms with E-state index in [4.69, 9.17) is 0 Å². The summed E-state index contributed by atoms with van der Waals surface area (Å²) in [7, 11) is 0. The molecule has 0 aromatic heterocycles. The third kappa shape index (κ3) is 3.08. The zero-order chi connectivity index (χ0) is 15.5. The fourth-order valence-corrected chi connectivity index (χ4v) is 2.67. The van der Waals surface area contributed by atoms with Crippen LogP contribution in [0.2, 0.25) is 0 Å². The molecule has 22 heavy (non-hydrogen) atoms. The van der Waals surface area contributed by atoms with E-state index < -0.39 is 0 Å². The van der Waals surface area contributed by atoms with E-state index in [1.165, 1.54) is 10.6 Å². The number of hydrogen-bond donors (Lipinski definition) is 0. The van der Waals surface area contributed by atoms with Gasteiger partial charge in [-0.3, -0.25) is 4.79 Å². The Hall–Kier alpha value is -2.42. The molecule has 0 radical (unpaired) electrons. The molecule has 1 heterocycles. The standard InChI is InChI=1S/C19H20N2O/c1-14(2)12-15-8-10-16(11-9-15)18-13-19(22)21(20-18)17-6-4-3-5-7-17/h3-11,14H,12-13H2,1-2H3. The minimum Gasteiger partial charge on any atom is -0.272 e. The number of hydrogen-bond acceptors (Lipinski definition) is 2. The van der Waals surface area contributed by atoms with Crippen molar-refractivity contribution in [3.05, 3.63) is 65.7 Å². The van der Waals surface area contributed by atoms with E-state index in [9.17, 15) is 4.79 Å². The minimum absolute atomic E-state index is 0.0208. The number of rotatable bonds is 4. The number of hydrazone groups is 1. The second-order valence-corrected chi connectivity index (χ2v) is 6.06. The smallest absolute Gasteiger partial charge is 0.253 e. The van der Waals surface area contributed by atoms with Crippen LogP contribution >= 0.6 is 0 Å². The van der Waals surface area contributed by atoms with Gasteiger partial charge in [-0.15, -0.1) is 0 Å². The average Bonchev–Trinajstić information content (AvgIpc) is 2.90. The molecule has 0 fully saturated rings. The molecule has 1 aliphatic heterocycles. The second kappa shape index (κ2) is 6.14. The Morgan fingerprint density at radius 2 is 1.73 bits per heavy atom. The summed E-state index contributed by atoms with van der Waals surface area (Å²) in [5.41, 5.74) is 4.01. The predicted octanol–water partition coefficient (Wildman–Crippen LogP) is 4.03. The fourth-order valence-electron chi connectivity index (χ4n) is 2.67. The third-order valence-electron chi connectivity index (χ3n) is 3.71. The molecule has 3 nitrogen and oxygen atoms in total. The maximum atomic E-state index is 12.2. The SMILES string of the molecule is CC(C)Cc1ccc(C2=NN(c3ccccc3)C(=O)C2)cc1. The Morgan fingerprint density at radius 3 is 2.36 bits per heavy atom. The molecular weight excluding hydrogens is 272 g/mol. The van der Waals surface area contributed by atoms with Gasteiger partial charge >= 0.3 is 0 Å². The Balaban J connectivity index is 1.82. The molecule has 0 unspecified atom stereocenters. The van der Waals surface area contributed by atoms with Crippen molar-refractivity contribution in [2.24, 2.45) is 11.0 Å². The van der Waals surface area contributed by atoms with Crippen LogP contribution in [0, 0.1) is 5.92 Å². The zero-order valence-electron chi connectivity index (χ0n) is 13.0. The quantitative estimate of drug-likeness (QED) is 0.837. The van der Waals surface area contributed by atoms with Crippen molar-refractivity contribution in [3.63, 3.8) is 0 Å². The fraction of sp³-hybridized carbons (Fsp3) is 0.263. The van der Waals surface area contributed by atoms with Crippen LogP contribution in [0.5, 0.6) is 0 Å². The lowest BCUT2D eigenvalue weighted by molar-refractivity contribution is -0.116. The highest BCUT2D eigenvalue weighted by atomic mass is 16.2. The van der Waals surface area contributed by atoms with Crippen molar-refractivity contribution in [1.82, 2.24) is 0 Å². The van der Waals surface area contributed by atoms with Crippen LogP contribution in [-0.4, -0.2) is 11.6 Å². The van der Waals surface area contributed by atoms with Gasteiger partial charge in [0.05, 0.1) is 17.8 Å². The van der Waals surface area contributed by atoms with Gasteiger partial charge in [0, 0.05) is 0 Å². The maximum absolute atomic E-state index is 12.2. The van der Waals surface area contributed by atoms with E-state index in [0.29, 0.717) is 12.3 Å². The molecule has 0 saturated carbocycles. The van der Waals surface area contributed by atoms with E-state index >= 15 is 0 Å². The van der Waals surface area contributed by atoms with Gasteiger partial charge < -0.3 is 0 Å². The Morgan fingerprint density at radius 1 is 1.05 bits per heavy atom. The van der Waals surface area contributed by atoms with E-state index in [-0.39, 0.29) is 5.91 Å². The van der Waals surface area contributed by atoms with Crippen molar-refractivity contribution < 1.29 is 4.79 Å². The Labute approximate surface area is 131 Å². The highest BCUT2D eigenvalue weighted by molar-refractivity contribution is 6.19. The Kier molecular flexibility index (Phi) is 4.05. The molecule has 3 rings (SSSR count). The van der Waals surface area contributed by atoms with Gasteiger partial charge in [0.2, 0.25) is 0 Å². The highest BCUT2D eigenvalue weighted by Gasteiger charge is 2.25. The lowest BCUT2D eigenvalue weighted by Crippen LogP contribution is -2.19. The number of anilines is 1. The van der Waals surface area contributed by atoms with Crippen LogP contribution in [0.25, 0.3) is 0 Å². The summed E-state index contributed by atoms with van der Waals surface area (Å²) in [5, 5.41) is 6.00. The van der Waals surface area contributed by atoms with Gasteiger partial charge in [-0.25, -0.2) is 5.01 Å². The summed E-state index contributed by atoms with van der Waals surface area (Å²) in [4.78, 5) is 12.2. The first-order chi connectivity index (χ1) is 10.6. The van der Waals surface area contributed by atoms with Crippen molar-refractivity contribution in [2.45, 2.75) is 26.7 Å². The van der Waals surface area contributed by atoms with Crippen LogP contribution in [0.3, 0.4) is 0 Å². The van der Waals surface area contributed by atoms with Crippen LogP contribution in [0.15, 0.2) is 59.7 Å². The molecule has 0 saturated heterocycles. The van der Waals surface area contributed by atoms with Gasteiger partial charge in [-0.05, 0) is 35.6 Å². The number of para-hydroxylation sites is 1. The molecular formula is C19H20N2O. The van der Waals surface area contributed by atoms with Crippen molar-refractivity contribution >= 4 is 17.3 Å². The molecule has 1 amide bonds. The molecule has 0 N–H and O–H groups in total. The summed E-state index contributed by atoms with van der Waals surface area (Å²) >= 11 is 0. The van der Waals surface area contributed by atoms with Gasteiger partial charge in [0.25, 0.3) is 5.91 Å². The number of carbonyl (C=O) groups is 1. The van der Waals surface area contributed by atoms with Crippen LogP contribution in [0.1, 0.15) is 31.4 Å². The number of carbonyl (C=O) groups excluding carboxylic acids is 1. The molecule has 2 aromatic carbocycles. The molecule has 0 aliphatic carbocycles. The molecule has 2 aromatic rings. The van der Waals surface area contributed by atoms with E-state index in [1.54, 1.807) is 0 Å². The van der Waals surface area contributed by atoms with Crippen LogP contribution in [-0.2, 0) is 11.2 Å². The first kappa shape index (κ1) is 14.5. The summed E-state index contributed by atoms with van der Waals surface area (Å²) in [5.74, 6) is 0.664. The van der Waals surface area contributed by atoms with Crippen molar-refractivity contribution in [3.8, 4) is 0 Å². The normalized spacial score (nSPS) is 14.6. The van der Waals surface area contributed by atoms with E-state index in [2.05, 4.69) is 43.2 Å². The van der Waals surface area contributed by atoms with Gasteiger partial charge in [0.1, 0.15) is 0 Å². The maximum Gasteiger partial charge on any atom is 0.253 e. The number of amides is 1. The van der Waals surface area contributed by atoms with Gasteiger partial charge in [0.15, 0.2) is 0 Å². The summed E-state index contributed by atoms with van der Waals surface area (Å²) in [6.07, 6.45) is 1.43. The topological polar surface area (TPSA) is 32.7 Å². The average molecular weight is 292 g/mol. The van der Waals surface area contributed by atoms with Crippen molar-refractivity contribution in [1.29, 1.82) is 0 Å².